The molecule has 0 fully saturated rings. The van der Waals surface area contributed by atoms with Gasteiger partial charge >= 0.3 is 0 Å². The van der Waals surface area contributed by atoms with Gasteiger partial charge in [-0.05, 0) is 12.1 Å². The van der Waals surface area contributed by atoms with Gasteiger partial charge in [-0.15, -0.1) is 0 Å². The fraction of sp³-hybridized carbons (Fsp3) is 0.300. The first-order chi connectivity index (χ1) is 8.32. The van der Waals surface area contributed by atoms with Crippen molar-refractivity contribution in [2.45, 2.75) is 6.43 Å². The van der Waals surface area contributed by atoms with Crippen LogP contribution in [0, 0.1) is 15.9 Å². The summed E-state index contributed by atoms with van der Waals surface area (Å²) in [6.07, 6.45) is -2.77. The van der Waals surface area contributed by atoms with Crippen LogP contribution in [0.15, 0.2) is 18.2 Å². The van der Waals surface area contributed by atoms with E-state index in [4.69, 9.17) is 0 Å². The first kappa shape index (κ1) is 13.9. The van der Waals surface area contributed by atoms with Crippen LogP contribution in [-0.2, 0) is 0 Å². The monoisotopic (exact) mass is 262 g/mol. The largest absolute Gasteiger partial charge is 0.336 e. The predicted molar refractivity (Wildman–Crippen MR) is 56.0 cm³/mol. The zero-order valence-corrected chi connectivity index (χ0v) is 9.27. The molecule has 0 aromatic heterocycles. The molecule has 0 saturated heterocycles. The van der Waals surface area contributed by atoms with Gasteiger partial charge in [0, 0.05) is 13.1 Å². The number of alkyl halides is 2. The summed E-state index contributed by atoms with van der Waals surface area (Å²) in [4.78, 5) is 22.1. The van der Waals surface area contributed by atoms with Crippen molar-refractivity contribution in [3.63, 3.8) is 0 Å². The lowest BCUT2D eigenvalue weighted by atomic mass is 10.1. The maximum atomic E-state index is 13.0. The Bertz CT molecular complexity index is 479. The molecule has 0 aliphatic carbocycles. The van der Waals surface area contributed by atoms with Crippen LogP contribution in [0.1, 0.15) is 10.4 Å². The third-order valence-corrected chi connectivity index (χ3v) is 2.14. The molecule has 0 atom stereocenters. The number of hydrogen-bond donors (Lipinski definition) is 0. The molecule has 0 N–H and O–H groups in total. The van der Waals surface area contributed by atoms with E-state index in [-0.39, 0.29) is 0 Å². The SMILES string of the molecule is CN(CC(F)F)C(=O)c1cc(F)ccc1[N+](=O)[O-]. The topological polar surface area (TPSA) is 63.5 Å². The highest BCUT2D eigenvalue weighted by atomic mass is 19.3. The number of rotatable bonds is 4. The van der Waals surface area contributed by atoms with E-state index in [0.29, 0.717) is 11.0 Å². The second-order valence-electron chi connectivity index (χ2n) is 3.50. The normalized spacial score (nSPS) is 10.5. The van der Waals surface area contributed by atoms with Crippen LogP contribution in [-0.4, -0.2) is 35.7 Å². The van der Waals surface area contributed by atoms with Crippen molar-refractivity contribution in [1.82, 2.24) is 4.90 Å². The Morgan fingerprint density at radius 2 is 2.11 bits per heavy atom. The van der Waals surface area contributed by atoms with Crippen molar-refractivity contribution in [3.8, 4) is 0 Å². The van der Waals surface area contributed by atoms with E-state index in [1.54, 1.807) is 0 Å². The summed E-state index contributed by atoms with van der Waals surface area (Å²) in [5.41, 5.74) is -1.18. The Hall–Kier alpha value is -2.12. The first-order valence-electron chi connectivity index (χ1n) is 4.80. The number of carbonyl (C=O) groups excluding carboxylic acids is 1. The van der Waals surface area contributed by atoms with Crippen molar-refractivity contribution >= 4 is 11.6 Å². The van der Waals surface area contributed by atoms with Crippen LogP contribution >= 0.6 is 0 Å². The lowest BCUT2D eigenvalue weighted by molar-refractivity contribution is -0.385. The van der Waals surface area contributed by atoms with E-state index in [1.807, 2.05) is 0 Å². The summed E-state index contributed by atoms with van der Waals surface area (Å²) >= 11 is 0. The molecular weight excluding hydrogens is 253 g/mol. The maximum Gasteiger partial charge on any atom is 0.282 e. The van der Waals surface area contributed by atoms with E-state index in [0.717, 1.165) is 19.2 Å². The van der Waals surface area contributed by atoms with Gasteiger partial charge < -0.3 is 4.90 Å². The second kappa shape index (κ2) is 5.48. The molecule has 0 radical (unpaired) electrons. The van der Waals surface area contributed by atoms with Crippen LogP contribution in [0.4, 0.5) is 18.9 Å². The number of amides is 1. The van der Waals surface area contributed by atoms with Crippen molar-refractivity contribution in [2.24, 2.45) is 0 Å². The highest BCUT2D eigenvalue weighted by Gasteiger charge is 2.24. The number of halogens is 3. The van der Waals surface area contributed by atoms with Gasteiger partial charge in [0.05, 0.1) is 11.5 Å². The first-order valence-corrected chi connectivity index (χ1v) is 4.80. The van der Waals surface area contributed by atoms with Crippen LogP contribution in [0.2, 0.25) is 0 Å². The molecule has 1 amide bonds. The average Bonchev–Trinajstić information content (AvgIpc) is 2.26. The summed E-state index contributed by atoms with van der Waals surface area (Å²) < 4.78 is 37.2. The van der Waals surface area contributed by atoms with E-state index in [9.17, 15) is 28.1 Å². The van der Waals surface area contributed by atoms with Crippen molar-refractivity contribution in [3.05, 3.63) is 39.7 Å². The lowest BCUT2D eigenvalue weighted by Crippen LogP contribution is -2.31. The van der Waals surface area contributed by atoms with Gasteiger partial charge in [0.1, 0.15) is 11.4 Å². The Morgan fingerprint density at radius 1 is 1.50 bits per heavy atom. The van der Waals surface area contributed by atoms with Gasteiger partial charge in [0.15, 0.2) is 0 Å². The summed E-state index contributed by atoms with van der Waals surface area (Å²) in [6.45, 7) is -0.882. The summed E-state index contributed by atoms with van der Waals surface area (Å²) in [5.74, 6) is -1.88. The molecule has 8 heteroatoms. The van der Waals surface area contributed by atoms with Crippen molar-refractivity contribution < 1.29 is 22.9 Å². The van der Waals surface area contributed by atoms with Gasteiger partial charge in [-0.2, -0.15) is 0 Å². The molecule has 1 aromatic carbocycles. The minimum atomic E-state index is -2.77. The minimum Gasteiger partial charge on any atom is -0.336 e. The Labute approximate surface area is 100.0 Å². The second-order valence-corrected chi connectivity index (χ2v) is 3.50. The molecule has 98 valence electrons. The molecule has 0 bridgehead atoms. The molecule has 0 saturated carbocycles. The quantitative estimate of drug-likeness (QED) is 0.616. The molecule has 5 nitrogen and oxygen atoms in total. The number of nitrogens with zero attached hydrogens (tertiary/aromatic N) is 2. The predicted octanol–water partition coefficient (Wildman–Crippen LogP) is 2.07. The van der Waals surface area contributed by atoms with Crippen LogP contribution in [0.25, 0.3) is 0 Å². The molecule has 0 aliphatic heterocycles. The van der Waals surface area contributed by atoms with E-state index < -0.39 is 40.9 Å². The third kappa shape index (κ3) is 3.19. The number of nitro benzene ring substituents is 1. The van der Waals surface area contributed by atoms with Crippen LogP contribution in [0.3, 0.4) is 0 Å². The molecule has 0 spiro atoms. The summed E-state index contributed by atoms with van der Waals surface area (Å²) in [5, 5.41) is 10.6. The fourth-order valence-electron chi connectivity index (χ4n) is 1.33. The van der Waals surface area contributed by atoms with E-state index in [2.05, 4.69) is 0 Å². The molecule has 0 aliphatic rings. The maximum absolute atomic E-state index is 13.0. The minimum absolute atomic E-state index is 0.553. The Balaban J connectivity index is 3.11. The van der Waals surface area contributed by atoms with Crippen LogP contribution < -0.4 is 0 Å². The molecule has 1 rings (SSSR count). The molecule has 18 heavy (non-hydrogen) atoms. The van der Waals surface area contributed by atoms with Gasteiger partial charge in [-0.3, -0.25) is 14.9 Å². The fourth-order valence-corrected chi connectivity index (χ4v) is 1.33. The molecular formula is C10H9F3N2O3. The smallest absolute Gasteiger partial charge is 0.282 e. The van der Waals surface area contributed by atoms with Crippen molar-refractivity contribution in [1.29, 1.82) is 0 Å². The van der Waals surface area contributed by atoms with Gasteiger partial charge in [0.2, 0.25) is 0 Å². The van der Waals surface area contributed by atoms with Gasteiger partial charge in [0.25, 0.3) is 18.0 Å². The molecule has 1 aromatic rings. The van der Waals surface area contributed by atoms with Crippen LogP contribution in [0.5, 0.6) is 0 Å². The van der Waals surface area contributed by atoms with Crippen molar-refractivity contribution in [2.75, 3.05) is 13.6 Å². The lowest BCUT2D eigenvalue weighted by Gasteiger charge is -2.16. The van der Waals surface area contributed by atoms with E-state index >= 15 is 0 Å². The highest BCUT2D eigenvalue weighted by molar-refractivity contribution is 5.98. The standard InChI is InChI=1S/C10H9F3N2O3/c1-14(5-9(12)13)10(16)7-4-6(11)2-3-8(7)15(17)18/h2-4,9H,5H2,1H3. The number of nitro groups is 1. The van der Waals surface area contributed by atoms with E-state index in [1.165, 1.54) is 0 Å². The van der Waals surface area contributed by atoms with Gasteiger partial charge in [-0.25, -0.2) is 13.2 Å². The summed E-state index contributed by atoms with van der Waals surface area (Å²) in [6, 6.07) is 2.29. The Morgan fingerprint density at radius 3 is 2.61 bits per heavy atom. The Kier molecular flexibility index (Phi) is 4.24. The number of hydrogen-bond acceptors (Lipinski definition) is 3. The number of carbonyl (C=O) groups is 1. The average molecular weight is 262 g/mol. The van der Waals surface area contributed by atoms with Gasteiger partial charge in [-0.1, -0.05) is 0 Å². The molecule has 0 heterocycles. The summed E-state index contributed by atoms with van der Waals surface area (Å²) in [7, 11) is 1.06. The molecule has 0 unspecified atom stereocenters. The zero-order chi connectivity index (χ0) is 13.9. The highest BCUT2D eigenvalue weighted by Crippen LogP contribution is 2.21. The number of benzene rings is 1. The third-order valence-electron chi connectivity index (χ3n) is 2.14. The zero-order valence-electron chi connectivity index (χ0n) is 9.27.